The Morgan fingerprint density at radius 1 is 1.11 bits per heavy atom. The fourth-order valence-corrected chi connectivity index (χ4v) is 3.13. The van der Waals surface area contributed by atoms with Crippen LogP contribution in [0.1, 0.15) is 0 Å². The number of ether oxygens (including phenoxy) is 1. The lowest BCUT2D eigenvalue weighted by Crippen LogP contribution is -2.52. The predicted octanol–water partition coefficient (Wildman–Crippen LogP) is -0.585. The van der Waals surface area contributed by atoms with E-state index in [-0.39, 0.29) is 12.0 Å². The van der Waals surface area contributed by atoms with Crippen LogP contribution in [0.4, 0.5) is 0 Å². The van der Waals surface area contributed by atoms with Crippen molar-refractivity contribution in [2.75, 3.05) is 33.2 Å². The summed E-state index contributed by atoms with van der Waals surface area (Å²) in [6.45, 7) is 3.00. The van der Waals surface area contributed by atoms with Crippen LogP contribution in [0.15, 0.2) is 12.2 Å². The van der Waals surface area contributed by atoms with Crippen molar-refractivity contribution >= 4 is 11.9 Å². The van der Waals surface area contributed by atoms with Gasteiger partial charge < -0.3 is 19.6 Å². The normalized spacial score (nSPS) is 37.8. The summed E-state index contributed by atoms with van der Waals surface area (Å²) in [4.78, 5) is 27.8. The molecule has 3 rings (SSSR count). The van der Waals surface area contributed by atoms with Gasteiger partial charge in [0.25, 0.3) is 0 Å². The summed E-state index contributed by atoms with van der Waals surface area (Å²) in [6, 6.07) is 0. The number of piperazine rings is 1. The van der Waals surface area contributed by atoms with Crippen molar-refractivity contribution in [3.63, 3.8) is 0 Å². The number of carboxylic acid groups (broad SMARTS) is 1. The average Bonchev–Trinajstić information content (AvgIpc) is 2.98. The van der Waals surface area contributed by atoms with Crippen molar-refractivity contribution in [1.29, 1.82) is 0 Å². The van der Waals surface area contributed by atoms with Crippen molar-refractivity contribution in [3.8, 4) is 0 Å². The van der Waals surface area contributed by atoms with Gasteiger partial charge in [0.1, 0.15) is 5.92 Å². The van der Waals surface area contributed by atoms with Crippen molar-refractivity contribution in [2.24, 2.45) is 11.8 Å². The van der Waals surface area contributed by atoms with Crippen LogP contribution < -0.4 is 0 Å². The summed E-state index contributed by atoms with van der Waals surface area (Å²) in [5.41, 5.74) is 0. The molecule has 6 nitrogen and oxygen atoms in total. The second kappa shape index (κ2) is 4.61. The van der Waals surface area contributed by atoms with Gasteiger partial charge in [0.05, 0.1) is 18.1 Å². The van der Waals surface area contributed by atoms with E-state index in [1.165, 1.54) is 0 Å². The van der Waals surface area contributed by atoms with Gasteiger partial charge in [-0.3, -0.25) is 9.59 Å². The van der Waals surface area contributed by atoms with Crippen molar-refractivity contribution in [1.82, 2.24) is 9.80 Å². The molecule has 4 atom stereocenters. The summed E-state index contributed by atoms with van der Waals surface area (Å²) in [6.07, 6.45) is 2.78. The summed E-state index contributed by atoms with van der Waals surface area (Å²) < 4.78 is 5.54. The van der Waals surface area contributed by atoms with Gasteiger partial charge in [0, 0.05) is 26.2 Å². The Balaban J connectivity index is 1.75. The Hall–Kier alpha value is -1.40. The van der Waals surface area contributed by atoms with Gasteiger partial charge in [-0.25, -0.2) is 0 Å². The summed E-state index contributed by atoms with van der Waals surface area (Å²) in [7, 11) is 2.02. The molecule has 2 fully saturated rings. The van der Waals surface area contributed by atoms with Gasteiger partial charge >= 0.3 is 5.97 Å². The third-order valence-corrected chi connectivity index (χ3v) is 4.28. The minimum absolute atomic E-state index is 0.0719. The van der Waals surface area contributed by atoms with E-state index in [1.807, 2.05) is 13.1 Å². The number of rotatable bonds is 2. The molecule has 3 heterocycles. The second-order valence-electron chi connectivity index (χ2n) is 5.47. The summed E-state index contributed by atoms with van der Waals surface area (Å²) in [5.74, 6) is -2.31. The quantitative estimate of drug-likeness (QED) is 0.677. The van der Waals surface area contributed by atoms with Crippen molar-refractivity contribution < 1.29 is 19.4 Å². The molecule has 3 aliphatic rings. The first-order valence-corrected chi connectivity index (χ1v) is 6.62. The van der Waals surface area contributed by atoms with Gasteiger partial charge in [-0.2, -0.15) is 0 Å². The first kappa shape index (κ1) is 12.6. The molecule has 0 aromatic rings. The molecule has 104 valence electrons. The number of fused-ring (bicyclic) bond motifs is 2. The van der Waals surface area contributed by atoms with E-state index < -0.39 is 23.9 Å². The van der Waals surface area contributed by atoms with E-state index in [1.54, 1.807) is 11.0 Å². The Morgan fingerprint density at radius 2 is 1.68 bits per heavy atom. The maximum atomic E-state index is 12.5. The topological polar surface area (TPSA) is 70.1 Å². The maximum Gasteiger partial charge on any atom is 0.310 e. The van der Waals surface area contributed by atoms with Gasteiger partial charge in [-0.05, 0) is 7.05 Å². The smallest absolute Gasteiger partial charge is 0.310 e. The first-order chi connectivity index (χ1) is 9.08. The van der Waals surface area contributed by atoms with Crippen LogP contribution in [-0.2, 0) is 14.3 Å². The molecule has 1 N–H and O–H groups in total. The molecule has 0 spiro atoms. The monoisotopic (exact) mass is 266 g/mol. The number of hydrogen-bond acceptors (Lipinski definition) is 4. The zero-order valence-corrected chi connectivity index (χ0v) is 10.9. The Bertz CT molecular complexity index is 428. The molecule has 0 aromatic carbocycles. The van der Waals surface area contributed by atoms with Crippen LogP contribution in [0.3, 0.4) is 0 Å². The number of hydrogen-bond donors (Lipinski definition) is 1. The van der Waals surface area contributed by atoms with Crippen LogP contribution in [0.25, 0.3) is 0 Å². The minimum Gasteiger partial charge on any atom is -0.481 e. The molecular weight excluding hydrogens is 248 g/mol. The lowest BCUT2D eigenvalue weighted by Gasteiger charge is -2.35. The summed E-state index contributed by atoms with van der Waals surface area (Å²) in [5, 5.41) is 9.30. The highest BCUT2D eigenvalue weighted by molar-refractivity contribution is 5.87. The molecule has 1 amide bonds. The zero-order valence-electron chi connectivity index (χ0n) is 10.9. The van der Waals surface area contributed by atoms with Gasteiger partial charge in [0.15, 0.2) is 0 Å². The van der Waals surface area contributed by atoms with Crippen molar-refractivity contribution in [3.05, 3.63) is 12.2 Å². The van der Waals surface area contributed by atoms with Gasteiger partial charge in [0.2, 0.25) is 5.91 Å². The SMILES string of the molecule is CN1CCN(C(=O)[C@H]2[C@@H](C(=O)O)[C@@H]3C=C[C@H]2O3)CC1. The summed E-state index contributed by atoms with van der Waals surface area (Å²) >= 11 is 0. The molecule has 3 aliphatic heterocycles. The van der Waals surface area contributed by atoms with Crippen LogP contribution in [0.5, 0.6) is 0 Å². The molecule has 0 radical (unpaired) electrons. The number of likely N-dealkylation sites (N-methyl/N-ethyl adjacent to an activating group) is 1. The molecule has 0 aromatic heterocycles. The Kier molecular flexibility index (Phi) is 3.06. The number of carboxylic acids is 1. The predicted molar refractivity (Wildman–Crippen MR) is 66.5 cm³/mol. The van der Waals surface area contributed by atoms with Crippen molar-refractivity contribution in [2.45, 2.75) is 12.2 Å². The molecule has 0 aliphatic carbocycles. The molecule has 0 unspecified atom stereocenters. The van der Waals surface area contributed by atoms with E-state index in [9.17, 15) is 14.7 Å². The van der Waals surface area contributed by atoms with Gasteiger partial charge in [-0.15, -0.1) is 0 Å². The molecule has 0 saturated carbocycles. The van der Waals surface area contributed by atoms with Crippen LogP contribution in [0, 0.1) is 11.8 Å². The third-order valence-electron chi connectivity index (χ3n) is 4.28. The minimum atomic E-state index is -0.940. The highest BCUT2D eigenvalue weighted by Crippen LogP contribution is 2.40. The highest BCUT2D eigenvalue weighted by atomic mass is 16.5. The van der Waals surface area contributed by atoms with E-state index in [4.69, 9.17) is 4.74 Å². The first-order valence-electron chi connectivity index (χ1n) is 6.62. The molecular formula is C13H18N2O4. The number of amides is 1. The lowest BCUT2D eigenvalue weighted by molar-refractivity contribution is -0.150. The molecule has 2 bridgehead atoms. The number of nitrogens with zero attached hydrogens (tertiary/aromatic N) is 2. The lowest BCUT2D eigenvalue weighted by atomic mass is 9.82. The van der Waals surface area contributed by atoms with Gasteiger partial charge in [-0.1, -0.05) is 12.2 Å². The Morgan fingerprint density at radius 3 is 2.26 bits per heavy atom. The maximum absolute atomic E-state index is 12.5. The molecule has 19 heavy (non-hydrogen) atoms. The van der Waals surface area contributed by atoms with Crippen LogP contribution >= 0.6 is 0 Å². The van der Waals surface area contributed by atoms with Crippen LogP contribution in [-0.4, -0.2) is 72.2 Å². The highest BCUT2D eigenvalue weighted by Gasteiger charge is 2.54. The zero-order chi connectivity index (χ0) is 13.6. The molecule has 6 heteroatoms. The number of aliphatic carboxylic acids is 1. The largest absolute Gasteiger partial charge is 0.481 e. The third kappa shape index (κ3) is 2.04. The van der Waals surface area contributed by atoms with E-state index >= 15 is 0 Å². The Labute approximate surface area is 111 Å². The fraction of sp³-hybridized carbons (Fsp3) is 0.692. The standard InChI is InChI=1S/C13H18N2O4/c1-14-4-6-15(7-5-14)12(16)10-8-2-3-9(19-8)11(10)13(17)18/h2-3,8-11H,4-7H2,1H3,(H,17,18)/t8-,9+,10-,11+/m1/s1. The van der Waals surface area contributed by atoms with E-state index in [0.29, 0.717) is 13.1 Å². The second-order valence-corrected chi connectivity index (χ2v) is 5.47. The number of carbonyl (C=O) groups is 2. The van der Waals surface area contributed by atoms with E-state index in [0.717, 1.165) is 13.1 Å². The average molecular weight is 266 g/mol. The number of carbonyl (C=O) groups excluding carboxylic acids is 1. The fourth-order valence-electron chi connectivity index (χ4n) is 3.13. The van der Waals surface area contributed by atoms with E-state index in [2.05, 4.69) is 4.90 Å². The molecule has 2 saturated heterocycles. The van der Waals surface area contributed by atoms with Crippen LogP contribution in [0.2, 0.25) is 0 Å².